The number of rotatable bonds is 5. The van der Waals surface area contributed by atoms with Crippen LogP contribution < -0.4 is 0 Å². The van der Waals surface area contributed by atoms with Gasteiger partial charge < -0.3 is 14.2 Å². The molecule has 0 bridgehead atoms. The number of hydrogen-bond acceptors (Lipinski definition) is 6. The molecule has 0 radical (unpaired) electrons. The second-order valence-corrected chi connectivity index (χ2v) is 21.3. The monoisotopic (exact) mass is 951 g/mol. The number of aliphatic imine (C=N–C) groups is 1. The molecule has 0 spiro atoms. The van der Waals surface area contributed by atoms with E-state index in [1.807, 2.05) is 52.2 Å². The molecule has 5 aromatic heterocycles. The van der Waals surface area contributed by atoms with Gasteiger partial charge in [0.15, 0.2) is 0 Å². The first-order chi connectivity index (χ1) is 34.0. The SMILES string of the molecule is Oc1ccc2c(c1)c1ccccc1n2-c1ccc2sc3ccc(-c4ccc5sc6ccc(-c7ccc8sc9ccc(-n%10c%11ccccc%11c%11cc(N=C=S)ccc%11%10)cc9c8c7)cc6c5c4)cc3c2c1. The quantitative estimate of drug-likeness (QED) is 0.138. The smallest absolute Gasteiger partial charge is 0.116 e. The van der Waals surface area contributed by atoms with E-state index in [9.17, 15) is 5.11 Å². The number of phenols is 1. The summed E-state index contributed by atoms with van der Waals surface area (Å²) in [5.74, 6) is 0.276. The van der Waals surface area contributed by atoms with Crippen LogP contribution in [0, 0.1) is 0 Å². The summed E-state index contributed by atoms with van der Waals surface area (Å²) in [5, 5.41) is 25.0. The van der Waals surface area contributed by atoms with Crippen LogP contribution >= 0.6 is 46.2 Å². The molecule has 0 aliphatic carbocycles. The molecule has 0 saturated heterocycles. The molecule has 0 fully saturated rings. The fraction of sp³-hybridized carbons (Fsp3) is 0. The molecule has 15 rings (SSSR count). The minimum absolute atomic E-state index is 0.276. The molecule has 0 amide bonds. The van der Waals surface area contributed by atoms with E-state index in [1.54, 1.807) is 6.07 Å². The van der Waals surface area contributed by atoms with Gasteiger partial charge in [0, 0.05) is 93.4 Å². The van der Waals surface area contributed by atoms with Crippen molar-refractivity contribution in [1.82, 2.24) is 9.13 Å². The fourth-order valence-electron chi connectivity index (χ4n) is 10.9. The first-order valence-electron chi connectivity index (χ1n) is 22.8. The zero-order valence-corrected chi connectivity index (χ0v) is 39.7. The second-order valence-electron chi connectivity index (χ2n) is 17.8. The molecule has 5 heterocycles. The normalized spacial score (nSPS) is 12.1. The topological polar surface area (TPSA) is 42.5 Å². The average Bonchev–Trinajstić information content (AvgIpc) is 4.20. The Balaban J connectivity index is 0.819. The lowest BCUT2D eigenvalue weighted by molar-refractivity contribution is 0.476. The summed E-state index contributed by atoms with van der Waals surface area (Å²) in [6.07, 6.45) is 0. The van der Waals surface area contributed by atoms with Crippen LogP contribution in [0.15, 0.2) is 199 Å². The molecule has 322 valence electrons. The first kappa shape index (κ1) is 39.1. The molecule has 15 aromatic rings. The predicted molar refractivity (Wildman–Crippen MR) is 301 cm³/mol. The number of aromatic hydroxyl groups is 1. The van der Waals surface area contributed by atoms with Crippen LogP contribution in [-0.4, -0.2) is 19.4 Å². The van der Waals surface area contributed by atoms with Gasteiger partial charge in [0.05, 0.1) is 32.9 Å². The van der Waals surface area contributed by atoms with Crippen molar-refractivity contribution in [1.29, 1.82) is 0 Å². The Morgan fingerprint density at radius 3 is 1.17 bits per heavy atom. The summed E-state index contributed by atoms with van der Waals surface area (Å²) in [5.41, 5.74) is 12.4. The number of fused-ring (bicyclic) bond motifs is 15. The Hall–Kier alpha value is -7.94. The third-order valence-corrected chi connectivity index (χ3v) is 17.6. The van der Waals surface area contributed by atoms with Crippen molar-refractivity contribution in [3.05, 3.63) is 194 Å². The number of para-hydroxylation sites is 2. The summed E-state index contributed by atoms with van der Waals surface area (Å²) in [4.78, 5) is 4.28. The van der Waals surface area contributed by atoms with Gasteiger partial charge in [-0.05, 0) is 168 Å². The highest BCUT2D eigenvalue weighted by atomic mass is 32.1. The highest BCUT2D eigenvalue weighted by molar-refractivity contribution is 7.78. The van der Waals surface area contributed by atoms with Crippen molar-refractivity contribution in [3.63, 3.8) is 0 Å². The molecule has 0 unspecified atom stereocenters. The zero-order valence-electron chi connectivity index (χ0n) is 36.4. The Kier molecular flexibility index (Phi) is 8.37. The van der Waals surface area contributed by atoms with Crippen molar-refractivity contribution >= 4 is 161 Å². The number of isothiocyanates is 1. The molecule has 69 heavy (non-hydrogen) atoms. The summed E-state index contributed by atoms with van der Waals surface area (Å²) < 4.78 is 12.4. The Bertz CT molecular complexity index is 4770. The van der Waals surface area contributed by atoms with Gasteiger partial charge in [-0.15, -0.1) is 34.0 Å². The number of thiocarbonyl (C=S) groups is 1. The number of hydrogen-bond donors (Lipinski definition) is 1. The van der Waals surface area contributed by atoms with E-state index in [0.29, 0.717) is 0 Å². The van der Waals surface area contributed by atoms with Crippen LogP contribution in [0.2, 0.25) is 0 Å². The first-order valence-corrected chi connectivity index (χ1v) is 25.6. The maximum absolute atomic E-state index is 10.4. The maximum atomic E-state index is 10.4. The number of aromatic nitrogens is 2. The third kappa shape index (κ3) is 5.91. The summed E-state index contributed by atoms with van der Waals surface area (Å²) in [6.45, 7) is 0. The van der Waals surface area contributed by atoms with Crippen molar-refractivity contribution < 1.29 is 5.11 Å². The number of benzene rings is 10. The van der Waals surface area contributed by atoms with E-state index in [1.165, 1.54) is 88.2 Å². The van der Waals surface area contributed by atoms with Gasteiger partial charge in [0.2, 0.25) is 0 Å². The van der Waals surface area contributed by atoms with Gasteiger partial charge in [-0.25, -0.2) is 0 Å². The van der Waals surface area contributed by atoms with Gasteiger partial charge in [0.1, 0.15) is 5.75 Å². The highest BCUT2D eigenvalue weighted by Gasteiger charge is 2.18. The minimum atomic E-state index is 0.276. The molecular weight excluding hydrogens is 919 g/mol. The molecule has 8 heteroatoms. The molecule has 10 aromatic carbocycles. The summed E-state index contributed by atoms with van der Waals surface area (Å²) in [7, 11) is 0. The van der Waals surface area contributed by atoms with E-state index < -0.39 is 0 Å². The Labute approximate surface area is 411 Å². The van der Waals surface area contributed by atoms with Gasteiger partial charge in [0.25, 0.3) is 0 Å². The van der Waals surface area contributed by atoms with E-state index >= 15 is 0 Å². The lowest BCUT2D eigenvalue weighted by Gasteiger charge is -2.09. The van der Waals surface area contributed by atoms with Gasteiger partial charge in [-0.3, -0.25) is 0 Å². The number of thiophene rings is 3. The maximum Gasteiger partial charge on any atom is 0.116 e. The largest absolute Gasteiger partial charge is 0.508 e. The molecular formula is C61H33N3OS4. The van der Waals surface area contributed by atoms with Crippen LogP contribution in [0.25, 0.3) is 138 Å². The summed E-state index contributed by atoms with van der Waals surface area (Å²) >= 11 is 10.5. The molecule has 0 aliphatic rings. The number of phenolic OH excluding ortho intramolecular Hbond substituents is 1. The van der Waals surface area contributed by atoms with E-state index in [2.05, 4.69) is 189 Å². The Morgan fingerprint density at radius 2 is 0.725 bits per heavy atom. The van der Waals surface area contributed by atoms with Crippen molar-refractivity contribution in [2.24, 2.45) is 4.99 Å². The molecule has 0 atom stereocenters. The Morgan fingerprint density at radius 1 is 0.348 bits per heavy atom. The molecule has 0 aliphatic heterocycles. The molecule has 0 saturated carbocycles. The van der Waals surface area contributed by atoms with Gasteiger partial charge in [-0.1, -0.05) is 60.7 Å². The zero-order chi connectivity index (χ0) is 45.5. The lowest BCUT2D eigenvalue weighted by atomic mass is 9.98. The van der Waals surface area contributed by atoms with E-state index in [0.717, 1.165) is 55.3 Å². The third-order valence-electron chi connectivity index (χ3n) is 14.0. The van der Waals surface area contributed by atoms with Crippen LogP contribution in [0.3, 0.4) is 0 Å². The van der Waals surface area contributed by atoms with Crippen LogP contribution in [0.1, 0.15) is 0 Å². The highest BCUT2D eigenvalue weighted by Crippen LogP contribution is 2.44. The lowest BCUT2D eigenvalue weighted by Crippen LogP contribution is -1.93. The van der Waals surface area contributed by atoms with Gasteiger partial charge >= 0.3 is 0 Å². The van der Waals surface area contributed by atoms with E-state index in [4.69, 9.17) is 12.2 Å². The van der Waals surface area contributed by atoms with E-state index in [-0.39, 0.29) is 5.75 Å². The van der Waals surface area contributed by atoms with Crippen LogP contribution in [0.4, 0.5) is 5.69 Å². The standard InChI is InChI=1S/C61H33N3OS4/c65-41-16-18-55-45(32-41)43-6-2-4-8-53(43)64(55)40-15-24-61-51(31-40)49-28-37(12-22-59(49)69-61)35-10-20-57-47(26-35)46-25-34(9-19-56(46)67-57)36-11-21-58-48(27-36)50-30-39(14-23-60(50)68-58)63-52-7-3-1-5-42(52)44-29-38(62-33-66)13-17-54(44)63/h1-32,65H. The van der Waals surface area contributed by atoms with Crippen LogP contribution in [0.5, 0.6) is 5.75 Å². The van der Waals surface area contributed by atoms with Crippen molar-refractivity contribution in [3.8, 4) is 39.4 Å². The summed E-state index contributed by atoms with van der Waals surface area (Å²) in [6, 6.07) is 70.5. The van der Waals surface area contributed by atoms with Gasteiger partial charge in [-0.2, -0.15) is 4.99 Å². The molecule has 4 nitrogen and oxygen atoms in total. The fourth-order valence-corrected chi connectivity index (χ4v) is 14.2. The molecule has 1 N–H and O–H groups in total. The average molecular weight is 952 g/mol. The predicted octanol–water partition coefficient (Wildman–Crippen LogP) is 18.8. The number of nitrogens with zero attached hydrogens (tertiary/aromatic N) is 3. The second kappa shape index (κ2) is 14.8. The van der Waals surface area contributed by atoms with Crippen LogP contribution in [-0.2, 0) is 0 Å². The van der Waals surface area contributed by atoms with Crippen molar-refractivity contribution in [2.75, 3.05) is 0 Å². The van der Waals surface area contributed by atoms with Crippen molar-refractivity contribution in [2.45, 2.75) is 0 Å². The minimum Gasteiger partial charge on any atom is -0.508 e.